The standard InChI is InChI=1S/C19H23N3O3/c1-19(2)11-15(23)12-7-5-8-13(17(12)25-19)21-18(24)16-14(22(3)4)9-6-10-20-16/h5-10,15,23H,11H2,1-4H3,(H,21,24). The van der Waals surface area contributed by atoms with Gasteiger partial charge in [-0.2, -0.15) is 0 Å². The molecule has 0 bridgehead atoms. The van der Waals surface area contributed by atoms with Crippen LogP contribution < -0.4 is 15.0 Å². The Morgan fingerprint density at radius 2 is 2.08 bits per heavy atom. The highest BCUT2D eigenvalue weighted by Crippen LogP contribution is 2.43. The number of nitrogens with zero attached hydrogens (tertiary/aromatic N) is 2. The van der Waals surface area contributed by atoms with Gasteiger partial charge in [0, 0.05) is 32.3 Å². The maximum atomic E-state index is 12.7. The molecule has 2 aromatic rings. The van der Waals surface area contributed by atoms with Crippen molar-refractivity contribution in [1.82, 2.24) is 4.98 Å². The average Bonchev–Trinajstić information content (AvgIpc) is 2.54. The molecule has 6 heteroatoms. The summed E-state index contributed by atoms with van der Waals surface area (Å²) in [5, 5.41) is 13.3. The number of para-hydroxylation sites is 1. The summed E-state index contributed by atoms with van der Waals surface area (Å²) in [6.07, 6.45) is 1.47. The largest absolute Gasteiger partial charge is 0.485 e. The van der Waals surface area contributed by atoms with Crippen LogP contribution in [0.3, 0.4) is 0 Å². The number of benzene rings is 1. The number of anilines is 2. The summed E-state index contributed by atoms with van der Waals surface area (Å²) >= 11 is 0. The van der Waals surface area contributed by atoms with Gasteiger partial charge in [-0.05, 0) is 32.0 Å². The number of carbonyl (C=O) groups excluding carboxylic acids is 1. The van der Waals surface area contributed by atoms with Crippen molar-refractivity contribution < 1.29 is 14.6 Å². The third-order valence-corrected chi connectivity index (χ3v) is 4.20. The molecule has 1 aliphatic heterocycles. The molecule has 2 N–H and O–H groups in total. The molecule has 1 aromatic heterocycles. The second-order valence-electron chi connectivity index (χ2n) is 7.03. The fraction of sp³-hybridized carbons (Fsp3) is 0.368. The lowest BCUT2D eigenvalue weighted by atomic mass is 9.91. The fourth-order valence-corrected chi connectivity index (χ4v) is 3.04. The van der Waals surface area contributed by atoms with Crippen LogP contribution in [0.5, 0.6) is 5.75 Å². The van der Waals surface area contributed by atoms with Crippen LogP contribution in [0.2, 0.25) is 0 Å². The molecule has 0 saturated heterocycles. The Kier molecular flexibility index (Phi) is 4.39. The topological polar surface area (TPSA) is 74.7 Å². The highest BCUT2D eigenvalue weighted by Gasteiger charge is 2.34. The van der Waals surface area contributed by atoms with Gasteiger partial charge < -0.3 is 20.1 Å². The van der Waals surface area contributed by atoms with Crippen molar-refractivity contribution >= 4 is 17.3 Å². The van der Waals surface area contributed by atoms with E-state index in [1.807, 2.05) is 45.0 Å². The van der Waals surface area contributed by atoms with Crippen molar-refractivity contribution in [3.63, 3.8) is 0 Å². The van der Waals surface area contributed by atoms with E-state index in [0.29, 0.717) is 29.1 Å². The molecule has 0 saturated carbocycles. The van der Waals surface area contributed by atoms with Gasteiger partial charge >= 0.3 is 0 Å². The molecule has 1 aromatic carbocycles. The summed E-state index contributed by atoms with van der Waals surface area (Å²) in [4.78, 5) is 18.8. The van der Waals surface area contributed by atoms with E-state index in [4.69, 9.17) is 4.74 Å². The number of amides is 1. The van der Waals surface area contributed by atoms with E-state index in [1.54, 1.807) is 24.4 Å². The van der Waals surface area contributed by atoms with Crippen molar-refractivity contribution in [2.45, 2.75) is 32.0 Å². The van der Waals surface area contributed by atoms with Crippen LogP contribution in [0.25, 0.3) is 0 Å². The molecule has 0 radical (unpaired) electrons. The van der Waals surface area contributed by atoms with Crippen molar-refractivity contribution in [2.24, 2.45) is 0 Å². The van der Waals surface area contributed by atoms with E-state index < -0.39 is 11.7 Å². The minimum absolute atomic E-state index is 0.320. The van der Waals surface area contributed by atoms with Gasteiger partial charge in [-0.25, -0.2) is 4.98 Å². The number of hydrogen-bond acceptors (Lipinski definition) is 5. The van der Waals surface area contributed by atoms with E-state index in [0.717, 1.165) is 5.69 Å². The molecule has 1 aliphatic rings. The molecule has 25 heavy (non-hydrogen) atoms. The summed E-state index contributed by atoms with van der Waals surface area (Å²) in [7, 11) is 3.72. The zero-order valence-corrected chi connectivity index (χ0v) is 14.9. The second kappa shape index (κ2) is 6.37. The lowest BCUT2D eigenvalue weighted by Gasteiger charge is -2.36. The monoisotopic (exact) mass is 341 g/mol. The molecule has 1 unspecified atom stereocenters. The predicted molar refractivity (Wildman–Crippen MR) is 97.2 cm³/mol. The van der Waals surface area contributed by atoms with Gasteiger partial charge in [0.05, 0.1) is 17.5 Å². The van der Waals surface area contributed by atoms with E-state index in [-0.39, 0.29) is 5.91 Å². The smallest absolute Gasteiger partial charge is 0.276 e. The number of aliphatic hydroxyl groups is 1. The SMILES string of the molecule is CN(C)c1cccnc1C(=O)Nc1cccc2c1OC(C)(C)CC2O. The summed E-state index contributed by atoms with van der Waals surface area (Å²) < 4.78 is 6.03. The molecule has 1 amide bonds. The number of rotatable bonds is 3. The maximum Gasteiger partial charge on any atom is 0.276 e. The van der Waals surface area contributed by atoms with Gasteiger partial charge in [0.15, 0.2) is 5.69 Å². The molecule has 2 heterocycles. The molecule has 0 spiro atoms. The molecule has 1 atom stereocenters. The second-order valence-corrected chi connectivity index (χ2v) is 7.03. The zero-order valence-electron chi connectivity index (χ0n) is 14.9. The molecular formula is C19H23N3O3. The molecule has 3 rings (SSSR count). The van der Waals surface area contributed by atoms with Crippen LogP contribution in [0, 0.1) is 0 Å². The van der Waals surface area contributed by atoms with Gasteiger partial charge in [-0.15, -0.1) is 0 Å². The number of carbonyl (C=O) groups is 1. The Bertz CT molecular complexity index is 802. The van der Waals surface area contributed by atoms with E-state index >= 15 is 0 Å². The number of aliphatic hydroxyl groups excluding tert-OH is 1. The third kappa shape index (κ3) is 3.44. The Hall–Kier alpha value is -2.60. The highest BCUT2D eigenvalue weighted by atomic mass is 16.5. The molecule has 0 fully saturated rings. The first-order valence-electron chi connectivity index (χ1n) is 8.22. The van der Waals surface area contributed by atoms with Crippen LogP contribution in [0.15, 0.2) is 36.5 Å². The van der Waals surface area contributed by atoms with Crippen molar-refractivity contribution in [3.05, 3.63) is 47.8 Å². The lowest BCUT2D eigenvalue weighted by molar-refractivity contribution is 0.0121. The van der Waals surface area contributed by atoms with Gasteiger partial charge in [-0.3, -0.25) is 4.79 Å². The molecule has 6 nitrogen and oxygen atoms in total. The summed E-state index contributed by atoms with van der Waals surface area (Å²) in [6, 6.07) is 9.01. The summed E-state index contributed by atoms with van der Waals surface area (Å²) in [6.45, 7) is 3.83. The van der Waals surface area contributed by atoms with Crippen molar-refractivity contribution in [3.8, 4) is 5.75 Å². The summed E-state index contributed by atoms with van der Waals surface area (Å²) in [5.74, 6) is 0.195. The molecular weight excluding hydrogens is 318 g/mol. The highest BCUT2D eigenvalue weighted by molar-refractivity contribution is 6.07. The quantitative estimate of drug-likeness (QED) is 0.898. The maximum absolute atomic E-state index is 12.7. The van der Waals surface area contributed by atoms with Crippen LogP contribution in [-0.4, -0.2) is 35.7 Å². The fourth-order valence-electron chi connectivity index (χ4n) is 3.04. The Balaban J connectivity index is 1.95. The zero-order chi connectivity index (χ0) is 18.2. The minimum atomic E-state index is -0.622. The van der Waals surface area contributed by atoms with Crippen LogP contribution >= 0.6 is 0 Å². The Morgan fingerprint density at radius 3 is 2.80 bits per heavy atom. The molecule has 0 aliphatic carbocycles. The van der Waals surface area contributed by atoms with E-state index in [2.05, 4.69) is 10.3 Å². The van der Waals surface area contributed by atoms with Gasteiger partial charge in [0.25, 0.3) is 5.91 Å². The van der Waals surface area contributed by atoms with Crippen LogP contribution in [0.4, 0.5) is 11.4 Å². The molecule has 132 valence electrons. The average molecular weight is 341 g/mol. The Labute approximate surface area is 147 Å². The van der Waals surface area contributed by atoms with Crippen LogP contribution in [0.1, 0.15) is 42.4 Å². The first-order chi connectivity index (χ1) is 11.8. The number of aromatic nitrogens is 1. The number of pyridine rings is 1. The van der Waals surface area contributed by atoms with Gasteiger partial charge in [-0.1, -0.05) is 12.1 Å². The number of nitrogens with one attached hydrogen (secondary N) is 1. The normalized spacial score (nSPS) is 18.0. The van der Waals surface area contributed by atoms with Crippen LogP contribution in [-0.2, 0) is 0 Å². The van der Waals surface area contributed by atoms with Gasteiger partial charge in [0.2, 0.25) is 0 Å². The van der Waals surface area contributed by atoms with Crippen molar-refractivity contribution in [1.29, 1.82) is 0 Å². The number of hydrogen-bond donors (Lipinski definition) is 2. The third-order valence-electron chi connectivity index (χ3n) is 4.20. The van der Waals surface area contributed by atoms with E-state index in [1.165, 1.54) is 0 Å². The predicted octanol–water partition coefficient (Wildman–Crippen LogP) is 2.99. The Morgan fingerprint density at radius 1 is 1.32 bits per heavy atom. The van der Waals surface area contributed by atoms with Gasteiger partial charge in [0.1, 0.15) is 11.4 Å². The minimum Gasteiger partial charge on any atom is -0.485 e. The van der Waals surface area contributed by atoms with Crippen molar-refractivity contribution in [2.75, 3.05) is 24.3 Å². The number of fused-ring (bicyclic) bond motifs is 1. The first kappa shape index (κ1) is 17.2. The number of ether oxygens (including phenoxy) is 1. The summed E-state index contributed by atoms with van der Waals surface area (Å²) in [5.41, 5.74) is 1.77. The van der Waals surface area contributed by atoms with E-state index in [9.17, 15) is 9.90 Å². The first-order valence-corrected chi connectivity index (χ1v) is 8.22. The lowest BCUT2D eigenvalue weighted by Crippen LogP contribution is -2.35.